The highest BCUT2D eigenvalue weighted by atomic mass is 32.1. The Hall–Kier alpha value is -0.890. The second kappa shape index (κ2) is 3.49. The number of carbonyl (C=O) groups excluding carboxylic acids is 1. The van der Waals surface area contributed by atoms with Crippen LogP contribution in [0.1, 0.15) is 16.7 Å². The second-order valence-corrected chi connectivity index (χ2v) is 3.77. The topological polar surface area (TPSA) is 17.1 Å². The average Bonchev–Trinajstić information content (AvgIpc) is 2.35. The van der Waals surface area contributed by atoms with Crippen molar-refractivity contribution < 1.29 is 4.79 Å². The fraction of sp³-hybridized carbons (Fsp3) is 0.222. The third kappa shape index (κ3) is 2.31. The van der Waals surface area contributed by atoms with Gasteiger partial charge < -0.3 is 0 Å². The first-order chi connectivity index (χ1) is 5.22. The molecule has 0 aliphatic rings. The molecular weight excluding hydrogens is 156 g/mol. The lowest BCUT2D eigenvalue weighted by Gasteiger charge is -1.84. The van der Waals surface area contributed by atoms with E-state index in [1.807, 2.05) is 19.1 Å². The summed E-state index contributed by atoms with van der Waals surface area (Å²) in [4.78, 5) is 12.7. The molecule has 0 N–H and O–H groups in total. The van der Waals surface area contributed by atoms with Gasteiger partial charge in [-0.15, -0.1) is 11.3 Å². The molecule has 0 aromatic carbocycles. The third-order valence-corrected chi connectivity index (χ3v) is 2.26. The fourth-order valence-corrected chi connectivity index (χ4v) is 1.68. The summed E-state index contributed by atoms with van der Waals surface area (Å²) in [5.74, 6) is 0. The minimum Gasteiger partial charge on any atom is -0.298 e. The van der Waals surface area contributed by atoms with Gasteiger partial charge in [-0.3, -0.25) is 4.79 Å². The molecule has 0 aliphatic heterocycles. The molecule has 0 saturated heterocycles. The highest BCUT2D eigenvalue weighted by Crippen LogP contribution is 2.17. The number of hydrogen-bond acceptors (Lipinski definition) is 2. The van der Waals surface area contributed by atoms with E-state index in [-0.39, 0.29) is 0 Å². The van der Waals surface area contributed by atoms with E-state index in [1.165, 1.54) is 4.88 Å². The Kier molecular flexibility index (Phi) is 2.60. The number of hydrogen-bond donors (Lipinski definition) is 0. The van der Waals surface area contributed by atoms with E-state index in [0.29, 0.717) is 0 Å². The molecule has 1 aromatic heterocycles. The van der Waals surface area contributed by atoms with Crippen LogP contribution in [0.5, 0.6) is 0 Å². The van der Waals surface area contributed by atoms with Crippen molar-refractivity contribution in [3.05, 3.63) is 27.5 Å². The van der Waals surface area contributed by atoms with Gasteiger partial charge in [0, 0.05) is 9.75 Å². The molecule has 1 aromatic rings. The molecule has 1 nitrogen and oxygen atoms in total. The Bertz CT molecular complexity index is 284. The van der Waals surface area contributed by atoms with Gasteiger partial charge in [0.2, 0.25) is 0 Å². The lowest BCUT2D eigenvalue weighted by atomic mass is 10.3. The summed E-state index contributed by atoms with van der Waals surface area (Å²) in [7, 11) is 0. The number of thiophene rings is 1. The number of carbonyl (C=O) groups is 1. The normalized spacial score (nSPS) is 11.6. The minimum absolute atomic E-state index is 0.770. The van der Waals surface area contributed by atoms with Gasteiger partial charge in [-0.25, -0.2) is 0 Å². The highest BCUT2D eigenvalue weighted by Gasteiger charge is 1.92. The Morgan fingerprint density at radius 2 is 2.27 bits per heavy atom. The molecule has 0 saturated carbocycles. The highest BCUT2D eigenvalue weighted by molar-refractivity contribution is 7.12. The molecule has 0 unspecified atom stereocenters. The molecule has 2 heteroatoms. The first-order valence-corrected chi connectivity index (χ1v) is 4.24. The van der Waals surface area contributed by atoms with Crippen LogP contribution in [0.4, 0.5) is 0 Å². The summed E-state index contributed by atoms with van der Waals surface area (Å²) in [6, 6.07) is 4.07. The number of rotatable bonds is 2. The first-order valence-electron chi connectivity index (χ1n) is 3.42. The number of aryl methyl sites for hydroxylation is 1. The van der Waals surface area contributed by atoms with E-state index in [0.717, 1.165) is 16.7 Å². The summed E-state index contributed by atoms with van der Waals surface area (Å²) in [5.41, 5.74) is 0.770. The number of aldehydes is 1. The second-order valence-electron chi connectivity index (χ2n) is 2.45. The molecule has 0 amide bonds. The molecule has 0 radical (unpaired) electrons. The van der Waals surface area contributed by atoms with Gasteiger partial charge in [0.25, 0.3) is 0 Å². The summed E-state index contributed by atoms with van der Waals surface area (Å²) < 4.78 is 0. The van der Waals surface area contributed by atoms with Crippen LogP contribution in [-0.2, 0) is 4.79 Å². The van der Waals surface area contributed by atoms with Gasteiger partial charge in [0.05, 0.1) is 0 Å². The zero-order chi connectivity index (χ0) is 8.27. The van der Waals surface area contributed by atoms with Crippen molar-refractivity contribution >= 4 is 23.7 Å². The first kappa shape index (κ1) is 8.21. The van der Waals surface area contributed by atoms with Crippen molar-refractivity contribution in [1.82, 2.24) is 0 Å². The van der Waals surface area contributed by atoms with Crippen LogP contribution in [0.2, 0.25) is 0 Å². The van der Waals surface area contributed by atoms with E-state index >= 15 is 0 Å². The van der Waals surface area contributed by atoms with Gasteiger partial charge in [-0.2, -0.15) is 0 Å². The molecule has 58 valence electrons. The third-order valence-electron chi connectivity index (χ3n) is 1.32. The molecule has 0 aliphatic carbocycles. The van der Waals surface area contributed by atoms with Crippen LogP contribution >= 0.6 is 11.3 Å². The molecule has 1 heterocycles. The average molecular weight is 166 g/mol. The summed E-state index contributed by atoms with van der Waals surface area (Å²) >= 11 is 1.70. The largest absolute Gasteiger partial charge is 0.298 e. The Morgan fingerprint density at radius 3 is 2.73 bits per heavy atom. The van der Waals surface area contributed by atoms with Crippen LogP contribution in [0.3, 0.4) is 0 Å². The lowest BCUT2D eigenvalue weighted by molar-refractivity contribution is -0.104. The van der Waals surface area contributed by atoms with Gasteiger partial charge in [-0.1, -0.05) is 0 Å². The van der Waals surface area contributed by atoms with Crippen molar-refractivity contribution in [2.45, 2.75) is 13.8 Å². The maximum absolute atomic E-state index is 10.3. The van der Waals surface area contributed by atoms with E-state index < -0.39 is 0 Å². The van der Waals surface area contributed by atoms with Crippen molar-refractivity contribution in [3.63, 3.8) is 0 Å². The van der Waals surface area contributed by atoms with Crippen LogP contribution in [0.15, 0.2) is 17.7 Å². The molecule has 0 spiro atoms. The van der Waals surface area contributed by atoms with Crippen molar-refractivity contribution in [2.24, 2.45) is 0 Å². The zero-order valence-corrected chi connectivity index (χ0v) is 7.44. The molecule has 0 fully saturated rings. The summed E-state index contributed by atoms with van der Waals surface area (Å²) in [5, 5.41) is 0. The predicted molar refractivity (Wildman–Crippen MR) is 48.8 cm³/mol. The molecule has 11 heavy (non-hydrogen) atoms. The van der Waals surface area contributed by atoms with Crippen molar-refractivity contribution in [3.8, 4) is 0 Å². The van der Waals surface area contributed by atoms with E-state index in [4.69, 9.17) is 0 Å². The van der Waals surface area contributed by atoms with Gasteiger partial charge >= 0.3 is 0 Å². The summed E-state index contributed by atoms with van der Waals surface area (Å²) in [6.45, 7) is 3.86. The molecule has 0 atom stereocenters. The van der Waals surface area contributed by atoms with Crippen LogP contribution < -0.4 is 0 Å². The number of allylic oxidation sites excluding steroid dienone is 1. The molecule has 1 rings (SSSR count). The Labute approximate surface area is 70.4 Å². The predicted octanol–water partition coefficient (Wildman–Crippen LogP) is 2.66. The Balaban J connectivity index is 2.86. The lowest BCUT2D eigenvalue weighted by Crippen LogP contribution is -1.72. The van der Waals surface area contributed by atoms with Gasteiger partial charge in [0.1, 0.15) is 6.29 Å². The monoisotopic (exact) mass is 166 g/mol. The van der Waals surface area contributed by atoms with Crippen LogP contribution in [0.25, 0.3) is 6.08 Å². The van der Waals surface area contributed by atoms with Crippen LogP contribution in [0, 0.1) is 6.92 Å². The quantitative estimate of drug-likeness (QED) is 0.487. The van der Waals surface area contributed by atoms with E-state index in [9.17, 15) is 4.79 Å². The van der Waals surface area contributed by atoms with Crippen molar-refractivity contribution in [1.29, 1.82) is 0 Å². The van der Waals surface area contributed by atoms with Gasteiger partial charge in [-0.05, 0) is 37.6 Å². The molecular formula is C9H10OS. The van der Waals surface area contributed by atoms with Gasteiger partial charge in [0.15, 0.2) is 0 Å². The standard InChI is InChI=1S/C9H10OS/c1-7(6-10)5-9-4-3-8(2)11-9/h3-6H,1-2H3/b7-5+. The minimum atomic E-state index is 0.770. The van der Waals surface area contributed by atoms with E-state index in [2.05, 4.69) is 13.0 Å². The smallest absolute Gasteiger partial charge is 0.145 e. The molecule has 0 bridgehead atoms. The maximum Gasteiger partial charge on any atom is 0.145 e. The zero-order valence-electron chi connectivity index (χ0n) is 6.63. The SMILES string of the molecule is C/C(C=O)=C\c1ccc(C)s1. The van der Waals surface area contributed by atoms with Crippen LogP contribution in [-0.4, -0.2) is 6.29 Å². The fourth-order valence-electron chi connectivity index (χ4n) is 0.789. The van der Waals surface area contributed by atoms with Crippen molar-refractivity contribution in [2.75, 3.05) is 0 Å². The maximum atomic E-state index is 10.3. The summed E-state index contributed by atoms with van der Waals surface area (Å²) in [6.07, 6.45) is 2.76. The van der Waals surface area contributed by atoms with E-state index in [1.54, 1.807) is 11.3 Å². The Morgan fingerprint density at radius 1 is 1.55 bits per heavy atom.